The molecule has 0 spiro atoms. The summed E-state index contributed by atoms with van der Waals surface area (Å²) in [7, 11) is 1.37. The molecule has 7 heteroatoms. The molecule has 0 fully saturated rings. The van der Waals surface area contributed by atoms with E-state index in [0.717, 1.165) is 13.1 Å². The van der Waals surface area contributed by atoms with Crippen molar-refractivity contribution >= 4 is 17.8 Å². The van der Waals surface area contributed by atoms with E-state index in [1.807, 2.05) is 20.8 Å². The van der Waals surface area contributed by atoms with Crippen molar-refractivity contribution < 1.29 is 14.3 Å². The molecule has 0 bridgehead atoms. The van der Waals surface area contributed by atoms with Crippen LogP contribution in [0.25, 0.3) is 0 Å². The molecular formula is C15H30N4O3. The first kappa shape index (κ1) is 20.2. The first-order valence-electron chi connectivity index (χ1n) is 7.87. The van der Waals surface area contributed by atoms with Crippen molar-refractivity contribution in [2.75, 3.05) is 39.8 Å². The van der Waals surface area contributed by atoms with Gasteiger partial charge >= 0.3 is 5.97 Å². The van der Waals surface area contributed by atoms with Crippen LogP contribution in [0.4, 0.5) is 0 Å². The number of esters is 1. The first-order chi connectivity index (χ1) is 10.5. The van der Waals surface area contributed by atoms with E-state index < -0.39 is 0 Å². The van der Waals surface area contributed by atoms with Gasteiger partial charge in [-0.05, 0) is 20.8 Å². The van der Waals surface area contributed by atoms with Gasteiger partial charge in [0.15, 0.2) is 5.96 Å². The van der Waals surface area contributed by atoms with E-state index in [0.29, 0.717) is 32.0 Å². The van der Waals surface area contributed by atoms with E-state index in [2.05, 4.69) is 20.4 Å². The maximum Gasteiger partial charge on any atom is 0.310 e. The molecule has 22 heavy (non-hydrogen) atoms. The Labute approximate surface area is 133 Å². The third kappa shape index (κ3) is 7.85. The van der Waals surface area contributed by atoms with Gasteiger partial charge in [0.1, 0.15) is 0 Å². The van der Waals surface area contributed by atoms with Gasteiger partial charge in [0, 0.05) is 32.6 Å². The minimum atomic E-state index is -0.294. The van der Waals surface area contributed by atoms with Gasteiger partial charge in [-0.1, -0.05) is 6.92 Å². The monoisotopic (exact) mass is 314 g/mol. The summed E-state index contributed by atoms with van der Waals surface area (Å²) in [5.74, 6) is 0.149. The van der Waals surface area contributed by atoms with Gasteiger partial charge in [-0.25, -0.2) is 0 Å². The van der Waals surface area contributed by atoms with Crippen LogP contribution in [-0.4, -0.2) is 62.6 Å². The Hall–Kier alpha value is -1.79. The summed E-state index contributed by atoms with van der Waals surface area (Å²) in [6.07, 6.45) is 0.415. The van der Waals surface area contributed by atoms with Crippen LogP contribution in [0.5, 0.6) is 0 Å². The Morgan fingerprint density at radius 1 is 1.18 bits per heavy atom. The summed E-state index contributed by atoms with van der Waals surface area (Å²) in [6.45, 7) is 10.7. The van der Waals surface area contributed by atoms with Gasteiger partial charge in [0.2, 0.25) is 5.91 Å². The van der Waals surface area contributed by atoms with Gasteiger partial charge in [-0.2, -0.15) is 0 Å². The predicted molar refractivity (Wildman–Crippen MR) is 87.7 cm³/mol. The fourth-order valence-electron chi connectivity index (χ4n) is 1.87. The fourth-order valence-corrected chi connectivity index (χ4v) is 1.87. The number of guanidine groups is 1. The number of carbonyl (C=O) groups excluding carboxylic acids is 2. The highest BCUT2D eigenvalue weighted by molar-refractivity contribution is 5.81. The average Bonchev–Trinajstić information content (AvgIpc) is 2.52. The maximum atomic E-state index is 11.9. The highest BCUT2D eigenvalue weighted by atomic mass is 16.5. The quantitative estimate of drug-likeness (QED) is 0.370. The van der Waals surface area contributed by atoms with E-state index in [-0.39, 0.29) is 17.8 Å². The fraction of sp³-hybridized carbons (Fsp3) is 0.800. The molecule has 128 valence electrons. The van der Waals surface area contributed by atoms with Gasteiger partial charge < -0.3 is 20.3 Å². The number of methoxy groups -OCH3 is 1. The lowest BCUT2D eigenvalue weighted by molar-refractivity contribution is -0.144. The Morgan fingerprint density at radius 2 is 1.82 bits per heavy atom. The minimum Gasteiger partial charge on any atom is -0.469 e. The normalized spacial score (nSPS) is 12.5. The van der Waals surface area contributed by atoms with Crippen molar-refractivity contribution in [3.63, 3.8) is 0 Å². The zero-order chi connectivity index (χ0) is 17.0. The van der Waals surface area contributed by atoms with Crippen molar-refractivity contribution in [1.29, 1.82) is 0 Å². The number of hydrogen-bond acceptors (Lipinski definition) is 4. The van der Waals surface area contributed by atoms with E-state index in [1.165, 1.54) is 7.11 Å². The molecule has 0 aliphatic rings. The highest BCUT2D eigenvalue weighted by Gasteiger charge is 2.13. The SMILES string of the molecule is CCNC(=NCC(C)C(=O)OC)NCCC(=O)N(CC)CC. The standard InChI is InChI=1S/C15H30N4O3/c1-6-16-15(18-11-12(4)14(21)22-5)17-10-9-13(20)19(7-2)8-3/h12H,6-11H2,1-5H3,(H2,16,17,18). The second-order valence-electron chi connectivity index (χ2n) is 4.89. The third-order valence-electron chi connectivity index (χ3n) is 3.22. The summed E-state index contributed by atoms with van der Waals surface area (Å²) in [5.41, 5.74) is 0. The summed E-state index contributed by atoms with van der Waals surface area (Å²) < 4.78 is 4.67. The highest BCUT2D eigenvalue weighted by Crippen LogP contribution is 1.98. The number of ether oxygens (including phenoxy) is 1. The average molecular weight is 314 g/mol. The summed E-state index contributed by atoms with van der Waals surface area (Å²) in [5, 5.41) is 6.19. The van der Waals surface area contributed by atoms with Crippen LogP contribution in [0.1, 0.15) is 34.1 Å². The molecule has 0 aromatic rings. The number of hydrogen-bond donors (Lipinski definition) is 2. The number of nitrogens with one attached hydrogen (secondary N) is 2. The van der Waals surface area contributed by atoms with E-state index in [4.69, 9.17) is 0 Å². The van der Waals surface area contributed by atoms with Crippen molar-refractivity contribution in [2.24, 2.45) is 10.9 Å². The first-order valence-corrected chi connectivity index (χ1v) is 7.87. The van der Waals surface area contributed by atoms with Crippen molar-refractivity contribution in [1.82, 2.24) is 15.5 Å². The zero-order valence-electron chi connectivity index (χ0n) is 14.4. The van der Waals surface area contributed by atoms with Crippen LogP contribution in [0.3, 0.4) is 0 Å². The number of amides is 1. The number of rotatable bonds is 9. The molecule has 1 amide bonds. The summed E-state index contributed by atoms with van der Waals surface area (Å²) in [4.78, 5) is 29.4. The molecule has 2 N–H and O–H groups in total. The zero-order valence-corrected chi connectivity index (χ0v) is 14.4. The molecule has 1 unspecified atom stereocenters. The van der Waals surface area contributed by atoms with Gasteiger partial charge in [-0.3, -0.25) is 14.6 Å². The molecule has 1 atom stereocenters. The van der Waals surface area contributed by atoms with Crippen LogP contribution in [-0.2, 0) is 14.3 Å². The molecule has 0 heterocycles. The van der Waals surface area contributed by atoms with Crippen molar-refractivity contribution in [3.05, 3.63) is 0 Å². The van der Waals surface area contributed by atoms with Gasteiger partial charge in [0.05, 0.1) is 19.6 Å². The van der Waals surface area contributed by atoms with Gasteiger partial charge in [-0.15, -0.1) is 0 Å². The molecule has 0 radical (unpaired) electrons. The van der Waals surface area contributed by atoms with Gasteiger partial charge in [0.25, 0.3) is 0 Å². The largest absolute Gasteiger partial charge is 0.469 e. The van der Waals surface area contributed by atoms with Crippen molar-refractivity contribution in [2.45, 2.75) is 34.1 Å². The number of carbonyl (C=O) groups is 2. The second kappa shape index (κ2) is 11.8. The van der Waals surface area contributed by atoms with E-state index in [9.17, 15) is 9.59 Å². The Balaban J connectivity index is 4.35. The third-order valence-corrected chi connectivity index (χ3v) is 3.22. The molecular weight excluding hydrogens is 284 g/mol. The maximum absolute atomic E-state index is 11.9. The predicted octanol–water partition coefficient (Wildman–Crippen LogP) is 0.609. The Bertz CT molecular complexity index is 368. The molecule has 0 rings (SSSR count). The van der Waals surface area contributed by atoms with Crippen LogP contribution in [0.15, 0.2) is 4.99 Å². The molecule has 0 aromatic heterocycles. The minimum absolute atomic E-state index is 0.122. The van der Waals surface area contributed by atoms with Crippen molar-refractivity contribution in [3.8, 4) is 0 Å². The molecule has 0 aromatic carbocycles. The van der Waals surface area contributed by atoms with E-state index >= 15 is 0 Å². The van der Waals surface area contributed by atoms with Crippen LogP contribution >= 0.6 is 0 Å². The Kier molecular flexibility index (Phi) is 10.9. The van der Waals surface area contributed by atoms with Crippen LogP contribution in [0, 0.1) is 5.92 Å². The summed E-state index contributed by atoms with van der Waals surface area (Å²) in [6, 6.07) is 0. The van der Waals surface area contributed by atoms with Crippen LogP contribution < -0.4 is 10.6 Å². The smallest absolute Gasteiger partial charge is 0.310 e. The lowest BCUT2D eigenvalue weighted by Gasteiger charge is -2.19. The van der Waals surface area contributed by atoms with Crippen LogP contribution in [0.2, 0.25) is 0 Å². The molecule has 7 nitrogen and oxygen atoms in total. The lowest BCUT2D eigenvalue weighted by Crippen LogP contribution is -2.40. The molecule has 0 aliphatic carbocycles. The number of nitrogens with zero attached hydrogens (tertiary/aromatic N) is 2. The molecule has 0 saturated heterocycles. The second-order valence-corrected chi connectivity index (χ2v) is 4.89. The lowest BCUT2D eigenvalue weighted by atomic mass is 10.2. The topological polar surface area (TPSA) is 83.0 Å². The Morgan fingerprint density at radius 3 is 2.32 bits per heavy atom. The molecule has 0 aliphatic heterocycles. The number of aliphatic imine (C=N–C) groups is 1. The summed E-state index contributed by atoms with van der Waals surface area (Å²) >= 11 is 0. The molecule has 0 saturated carbocycles. The van der Waals surface area contributed by atoms with E-state index in [1.54, 1.807) is 11.8 Å².